The Balaban J connectivity index is 2.08. The number of rotatable bonds is 2. The summed E-state index contributed by atoms with van der Waals surface area (Å²) in [6.45, 7) is 1.05. The van der Waals surface area contributed by atoms with Gasteiger partial charge in [-0.1, -0.05) is 11.6 Å². The fourth-order valence-electron chi connectivity index (χ4n) is 3.38. The Kier molecular flexibility index (Phi) is 3.36. The van der Waals surface area contributed by atoms with Gasteiger partial charge in [0.25, 0.3) is 5.56 Å². The van der Waals surface area contributed by atoms with Crippen molar-refractivity contribution in [2.45, 2.75) is 31.3 Å². The maximum absolute atomic E-state index is 15.3. The molecule has 2 heterocycles. The molecule has 4 N–H and O–H groups in total. The summed E-state index contributed by atoms with van der Waals surface area (Å²) >= 11 is 6.25. The summed E-state index contributed by atoms with van der Waals surface area (Å²) in [5, 5.41) is 0.131. The van der Waals surface area contributed by atoms with Crippen molar-refractivity contribution in [1.29, 1.82) is 0 Å². The fraction of sp³-hybridized carbons (Fsp3) is 0.467. The van der Waals surface area contributed by atoms with E-state index in [1.54, 1.807) is 4.90 Å². The summed E-state index contributed by atoms with van der Waals surface area (Å²) in [5.41, 5.74) is 4.61. The van der Waals surface area contributed by atoms with Gasteiger partial charge in [-0.05, 0) is 25.3 Å². The van der Waals surface area contributed by atoms with Gasteiger partial charge >= 0.3 is 5.69 Å². The minimum Gasteiger partial charge on any atom is -0.366 e. The number of hydrogen-bond acceptors (Lipinski definition) is 5. The molecule has 1 aromatic carbocycles. The molecule has 4 rings (SSSR count). The molecule has 0 radical (unpaired) electrons. The van der Waals surface area contributed by atoms with Gasteiger partial charge in [0.05, 0.1) is 21.6 Å². The van der Waals surface area contributed by atoms with Crippen LogP contribution in [-0.4, -0.2) is 28.4 Å². The summed E-state index contributed by atoms with van der Waals surface area (Å²) in [6.07, 6.45) is 2.23. The van der Waals surface area contributed by atoms with Crippen LogP contribution >= 0.6 is 11.6 Å². The first-order valence-corrected chi connectivity index (χ1v) is 8.22. The number of nitrogens with zero attached hydrogens (tertiary/aromatic N) is 3. The summed E-state index contributed by atoms with van der Waals surface area (Å²) in [7, 11) is 0. The van der Waals surface area contributed by atoms with E-state index in [2.05, 4.69) is 0 Å². The highest BCUT2D eigenvalue weighted by Gasteiger charge is 2.32. The molecule has 2 aliphatic rings. The molecule has 2 aromatic rings. The SMILES string of the molecule is NC1CCN(c2c(Cl)cc3c(=O)n(N)c(=O)n(C4CC4)c3c2F)C1. The Bertz CT molecular complexity index is 965. The number of benzene rings is 1. The zero-order valence-electron chi connectivity index (χ0n) is 12.8. The Morgan fingerprint density at radius 3 is 2.54 bits per heavy atom. The van der Waals surface area contributed by atoms with E-state index in [1.165, 1.54) is 10.6 Å². The third kappa shape index (κ3) is 2.13. The molecule has 9 heteroatoms. The molecule has 2 fully saturated rings. The van der Waals surface area contributed by atoms with Gasteiger partial charge in [0, 0.05) is 25.2 Å². The number of nitrogens with two attached hydrogens (primary N) is 2. The van der Waals surface area contributed by atoms with Crippen LogP contribution in [0.1, 0.15) is 25.3 Å². The van der Waals surface area contributed by atoms with Gasteiger partial charge in [0.1, 0.15) is 0 Å². The molecule has 24 heavy (non-hydrogen) atoms. The summed E-state index contributed by atoms with van der Waals surface area (Å²) in [6, 6.07) is 1.20. The second-order valence-corrected chi connectivity index (χ2v) is 6.88. The van der Waals surface area contributed by atoms with Crippen LogP contribution < -0.4 is 27.7 Å². The molecule has 0 bridgehead atoms. The lowest BCUT2D eigenvalue weighted by Gasteiger charge is -2.22. The molecular formula is C15H17ClFN5O2. The van der Waals surface area contributed by atoms with Crippen LogP contribution in [0, 0.1) is 5.82 Å². The predicted octanol–water partition coefficient (Wildman–Crippen LogP) is 0.542. The van der Waals surface area contributed by atoms with Gasteiger partial charge in [0.15, 0.2) is 5.82 Å². The van der Waals surface area contributed by atoms with Crippen LogP contribution in [0.4, 0.5) is 10.1 Å². The first kappa shape index (κ1) is 15.5. The van der Waals surface area contributed by atoms with E-state index < -0.39 is 17.1 Å². The van der Waals surface area contributed by atoms with Crippen molar-refractivity contribution in [2.75, 3.05) is 23.8 Å². The number of halogens is 2. The topological polar surface area (TPSA) is 99.3 Å². The van der Waals surface area contributed by atoms with Crippen molar-refractivity contribution in [3.63, 3.8) is 0 Å². The predicted molar refractivity (Wildman–Crippen MR) is 90.7 cm³/mol. The zero-order chi connectivity index (χ0) is 17.2. The molecule has 1 aromatic heterocycles. The van der Waals surface area contributed by atoms with Crippen LogP contribution in [0.2, 0.25) is 5.02 Å². The first-order valence-electron chi connectivity index (χ1n) is 7.85. The molecule has 0 amide bonds. The Labute approximate surface area is 141 Å². The zero-order valence-corrected chi connectivity index (χ0v) is 13.6. The van der Waals surface area contributed by atoms with Gasteiger partial charge in [-0.15, -0.1) is 0 Å². The Hall–Kier alpha value is -2.06. The van der Waals surface area contributed by atoms with Gasteiger partial charge in [0.2, 0.25) is 0 Å². The van der Waals surface area contributed by atoms with Crippen LogP contribution in [0.25, 0.3) is 10.9 Å². The fourth-order valence-corrected chi connectivity index (χ4v) is 3.69. The minimum absolute atomic E-state index is 0.0127. The van der Waals surface area contributed by atoms with E-state index in [9.17, 15) is 9.59 Å². The van der Waals surface area contributed by atoms with Gasteiger partial charge < -0.3 is 16.5 Å². The number of nitrogen functional groups attached to an aromatic ring is 1. The monoisotopic (exact) mass is 353 g/mol. The lowest BCUT2D eigenvalue weighted by atomic mass is 10.2. The van der Waals surface area contributed by atoms with Crippen LogP contribution in [0.15, 0.2) is 15.7 Å². The van der Waals surface area contributed by atoms with E-state index in [0.717, 1.165) is 19.3 Å². The first-order chi connectivity index (χ1) is 11.4. The van der Waals surface area contributed by atoms with E-state index in [-0.39, 0.29) is 33.7 Å². The van der Waals surface area contributed by atoms with Crippen molar-refractivity contribution in [3.8, 4) is 0 Å². The quantitative estimate of drug-likeness (QED) is 0.768. The highest BCUT2D eigenvalue weighted by atomic mass is 35.5. The highest BCUT2D eigenvalue weighted by Crippen LogP contribution is 2.40. The average molecular weight is 354 g/mol. The standard InChI is InChI=1S/C15H17ClFN5O2/c16-10-5-9-12(11(17)13(10)20-4-3-7(18)6-20)21(8-1-2-8)15(24)22(19)14(9)23/h5,7-8H,1-4,6,18-19H2. The summed E-state index contributed by atoms with van der Waals surface area (Å²) in [4.78, 5) is 26.4. The van der Waals surface area contributed by atoms with E-state index >= 15 is 4.39 Å². The molecule has 1 atom stereocenters. The molecule has 128 valence electrons. The van der Waals surface area contributed by atoms with E-state index in [1.807, 2.05) is 0 Å². The smallest absolute Gasteiger partial charge is 0.350 e. The lowest BCUT2D eigenvalue weighted by Crippen LogP contribution is -2.44. The third-order valence-corrected chi connectivity index (χ3v) is 5.01. The van der Waals surface area contributed by atoms with Gasteiger partial charge in [-0.3, -0.25) is 9.36 Å². The molecule has 1 unspecified atom stereocenters. The maximum atomic E-state index is 15.3. The van der Waals surface area contributed by atoms with Crippen LogP contribution in [-0.2, 0) is 0 Å². The normalized spacial score (nSPS) is 21.0. The van der Waals surface area contributed by atoms with Gasteiger partial charge in [-0.25, -0.2) is 9.18 Å². The largest absolute Gasteiger partial charge is 0.366 e. The number of aromatic nitrogens is 2. The number of hydrogen-bond donors (Lipinski definition) is 2. The van der Waals surface area contributed by atoms with Crippen molar-refractivity contribution in [3.05, 3.63) is 37.7 Å². The second kappa shape index (κ2) is 5.22. The highest BCUT2D eigenvalue weighted by molar-refractivity contribution is 6.34. The van der Waals surface area contributed by atoms with E-state index in [4.69, 9.17) is 23.2 Å². The second-order valence-electron chi connectivity index (χ2n) is 6.47. The molecule has 7 nitrogen and oxygen atoms in total. The molecular weight excluding hydrogens is 337 g/mol. The van der Waals surface area contributed by atoms with Crippen molar-refractivity contribution >= 4 is 28.2 Å². The molecule has 0 spiro atoms. The summed E-state index contributed by atoms with van der Waals surface area (Å²) in [5.74, 6) is 4.91. The van der Waals surface area contributed by atoms with Crippen molar-refractivity contribution in [1.82, 2.24) is 9.24 Å². The molecule has 1 aliphatic heterocycles. The Morgan fingerprint density at radius 1 is 1.25 bits per heavy atom. The third-order valence-electron chi connectivity index (χ3n) is 4.72. The van der Waals surface area contributed by atoms with Crippen molar-refractivity contribution in [2.24, 2.45) is 5.73 Å². The number of anilines is 1. The molecule has 1 saturated heterocycles. The minimum atomic E-state index is -0.752. The number of fused-ring (bicyclic) bond motifs is 1. The van der Waals surface area contributed by atoms with E-state index in [0.29, 0.717) is 17.8 Å². The van der Waals surface area contributed by atoms with Crippen molar-refractivity contribution < 1.29 is 4.39 Å². The lowest BCUT2D eigenvalue weighted by molar-refractivity contribution is 0.600. The Morgan fingerprint density at radius 2 is 1.96 bits per heavy atom. The summed E-state index contributed by atoms with van der Waals surface area (Å²) < 4.78 is 17.1. The average Bonchev–Trinajstić information content (AvgIpc) is 3.28. The molecule has 1 aliphatic carbocycles. The van der Waals surface area contributed by atoms with Gasteiger partial charge in [-0.2, -0.15) is 4.68 Å². The molecule has 1 saturated carbocycles. The van der Waals surface area contributed by atoms with Crippen LogP contribution in [0.5, 0.6) is 0 Å². The maximum Gasteiger partial charge on any atom is 0.350 e. The van der Waals surface area contributed by atoms with Crippen LogP contribution in [0.3, 0.4) is 0 Å².